The summed E-state index contributed by atoms with van der Waals surface area (Å²) in [4.78, 5) is 15.7. The third-order valence-corrected chi connectivity index (χ3v) is 4.95. The number of aromatic nitrogens is 1. The highest BCUT2D eigenvalue weighted by Gasteiger charge is 2.10. The van der Waals surface area contributed by atoms with Gasteiger partial charge in [-0.25, -0.2) is 0 Å². The zero-order chi connectivity index (χ0) is 15.7. The maximum Gasteiger partial charge on any atom is 0.255 e. The third-order valence-electron chi connectivity index (χ3n) is 3.93. The van der Waals surface area contributed by atoms with Gasteiger partial charge in [-0.3, -0.25) is 4.79 Å². The van der Waals surface area contributed by atoms with Crippen molar-refractivity contribution in [3.05, 3.63) is 70.1 Å². The third kappa shape index (κ3) is 2.62. The lowest BCUT2D eigenvalue weighted by Crippen LogP contribution is -2.09. The SMILES string of the molecule is Cc1cccc(N(C)Sc2cccc3c(=O)[nH]ccc23)c1C. The molecule has 0 bridgehead atoms. The van der Waals surface area contributed by atoms with Crippen LogP contribution in [0.3, 0.4) is 0 Å². The molecule has 0 aliphatic heterocycles. The van der Waals surface area contributed by atoms with Crippen molar-refractivity contribution in [2.45, 2.75) is 18.7 Å². The molecule has 2 aromatic carbocycles. The number of hydrogen-bond acceptors (Lipinski definition) is 3. The van der Waals surface area contributed by atoms with Crippen molar-refractivity contribution in [2.75, 3.05) is 11.4 Å². The van der Waals surface area contributed by atoms with Gasteiger partial charge in [0.15, 0.2) is 0 Å². The summed E-state index contributed by atoms with van der Waals surface area (Å²) >= 11 is 1.64. The van der Waals surface area contributed by atoms with Crippen molar-refractivity contribution in [3.8, 4) is 0 Å². The molecular formula is C18H18N2OS. The van der Waals surface area contributed by atoms with Crippen LogP contribution in [0.1, 0.15) is 11.1 Å². The minimum atomic E-state index is -0.0469. The van der Waals surface area contributed by atoms with E-state index in [-0.39, 0.29) is 5.56 Å². The van der Waals surface area contributed by atoms with Gasteiger partial charge < -0.3 is 9.29 Å². The topological polar surface area (TPSA) is 36.1 Å². The standard InChI is InChI=1S/C18H18N2OS/c1-12-6-4-8-16(13(12)2)20(3)22-17-9-5-7-15-14(17)10-11-19-18(15)21/h4-11H,1-3H3,(H,19,21). The number of aromatic amines is 1. The van der Waals surface area contributed by atoms with Gasteiger partial charge in [0.2, 0.25) is 0 Å². The minimum absolute atomic E-state index is 0.0469. The van der Waals surface area contributed by atoms with E-state index in [0.29, 0.717) is 0 Å². The van der Waals surface area contributed by atoms with E-state index < -0.39 is 0 Å². The van der Waals surface area contributed by atoms with E-state index in [0.717, 1.165) is 15.7 Å². The highest BCUT2D eigenvalue weighted by Crippen LogP contribution is 2.33. The van der Waals surface area contributed by atoms with Crippen LogP contribution in [0.25, 0.3) is 10.8 Å². The molecule has 1 N–H and O–H groups in total. The Balaban J connectivity index is 2.01. The summed E-state index contributed by atoms with van der Waals surface area (Å²) in [5.41, 5.74) is 3.69. The van der Waals surface area contributed by atoms with Crippen LogP contribution in [0.5, 0.6) is 0 Å². The second-order valence-corrected chi connectivity index (χ2v) is 6.50. The highest BCUT2D eigenvalue weighted by molar-refractivity contribution is 8.00. The number of nitrogens with zero attached hydrogens (tertiary/aromatic N) is 1. The van der Waals surface area contributed by atoms with Crippen LogP contribution in [-0.2, 0) is 0 Å². The molecule has 3 aromatic rings. The Morgan fingerprint density at radius 3 is 2.59 bits per heavy atom. The van der Waals surface area contributed by atoms with Crippen molar-refractivity contribution in [2.24, 2.45) is 0 Å². The average molecular weight is 310 g/mol. The highest BCUT2D eigenvalue weighted by atomic mass is 32.2. The maximum atomic E-state index is 11.9. The number of hydrogen-bond donors (Lipinski definition) is 1. The first-order chi connectivity index (χ1) is 10.6. The Bertz CT molecular complexity index is 886. The molecule has 3 nitrogen and oxygen atoms in total. The first-order valence-electron chi connectivity index (χ1n) is 7.16. The summed E-state index contributed by atoms with van der Waals surface area (Å²) in [5.74, 6) is 0. The van der Waals surface area contributed by atoms with Crippen LogP contribution < -0.4 is 9.86 Å². The van der Waals surface area contributed by atoms with Gasteiger partial charge in [0.05, 0.1) is 5.69 Å². The van der Waals surface area contributed by atoms with E-state index in [2.05, 4.69) is 48.4 Å². The predicted molar refractivity (Wildman–Crippen MR) is 94.7 cm³/mol. The van der Waals surface area contributed by atoms with Gasteiger partial charge in [0, 0.05) is 28.9 Å². The lowest BCUT2D eigenvalue weighted by Gasteiger charge is -2.21. The molecule has 0 saturated carbocycles. The molecule has 1 heterocycles. The maximum absolute atomic E-state index is 11.9. The van der Waals surface area contributed by atoms with E-state index in [1.54, 1.807) is 18.1 Å². The summed E-state index contributed by atoms with van der Waals surface area (Å²) in [7, 11) is 2.05. The lowest BCUT2D eigenvalue weighted by molar-refractivity contribution is 1.25. The Morgan fingerprint density at radius 2 is 1.77 bits per heavy atom. The second-order valence-electron chi connectivity index (χ2n) is 5.33. The fraction of sp³-hybridized carbons (Fsp3) is 0.167. The molecule has 0 aliphatic carbocycles. The zero-order valence-electron chi connectivity index (χ0n) is 12.9. The second kappa shape index (κ2) is 5.89. The van der Waals surface area contributed by atoms with E-state index in [1.165, 1.54) is 16.8 Å². The zero-order valence-corrected chi connectivity index (χ0v) is 13.7. The van der Waals surface area contributed by atoms with Crippen LogP contribution in [0.2, 0.25) is 0 Å². The molecule has 3 rings (SSSR count). The van der Waals surface area contributed by atoms with Gasteiger partial charge in [-0.2, -0.15) is 0 Å². The molecule has 0 spiro atoms. The van der Waals surface area contributed by atoms with E-state index in [4.69, 9.17) is 0 Å². The molecule has 0 saturated heterocycles. The number of fused-ring (bicyclic) bond motifs is 1. The van der Waals surface area contributed by atoms with Crippen molar-refractivity contribution in [3.63, 3.8) is 0 Å². The molecule has 1 aromatic heterocycles. The molecule has 0 amide bonds. The van der Waals surface area contributed by atoms with E-state index in [1.807, 2.05) is 24.3 Å². The molecular weight excluding hydrogens is 292 g/mol. The Morgan fingerprint density at radius 1 is 1.00 bits per heavy atom. The smallest absolute Gasteiger partial charge is 0.255 e. The van der Waals surface area contributed by atoms with E-state index in [9.17, 15) is 4.79 Å². The van der Waals surface area contributed by atoms with Crippen LogP contribution in [0, 0.1) is 13.8 Å². The molecule has 0 aliphatic rings. The quantitative estimate of drug-likeness (QED) is 0.733. The summed E-state index contributed by atoms with van der Waals surface area (Å²) < 4.78 is 2.15. The Labute approximate surface area is 134 Å². The predicted octanol–water partition coefficient (Wildman–Crippen LogP) is 4.29. The van der Waals surface area contributed by atoms with Crippen LogP contribution in [0.15, 0.2) is 58.4 Å². The monoisotopic (exact) mass is 310 g/mol. The number of benzene rings is 2. The summed E-state index contributed by atoms with van der Waals surface area (Å²) in [6.07, 6.45) is 1.70. The number of pyridine rings is 1. The minimum Gasteiger partial charge on any atom is -0.329 e. The summed E-state index contributed by atoms with van der Waals surface area (Å²) in [6.45, 7) is 4.25. The molecule has 0 unspecified atom stereocenters. The normalized spacial score (nSPS) is 10.9. The van der Waals surface area contributed by atoms with Gasteiger partial charge in [-0.15, -0.1) is 0 Å². The Kier molecular flexibility index (Phi) is 3.94. The summed E-state index contributed by atoms with van der Waals surface area (Å²) in [6, 6.07) is 14.1. The fourth-order valence-corrected chi connectivity index (χ4v) is 3.55. The largest absolute Gasteiger partial charge is 0.329 e. The van der Waals surface area contributed by atoms with Crippen molar-refractivity contribution in [1.29, 1.82) is 0 Å². The van der Waals surface area contributed by atoms with Gasteiger partial charge in [-0.1, -0.05) is 18.2 Å². The number of rotatable bonds is 3. The molecule has 0 fully saturated rings. The fourth-order valence-electron chi connectivity index (χ4n) is 2.55. The average Bonchev–Trinajstić information content (AvgIpc) is 2.51. The van der Waals surface area contributed by atoms with E-state index >= 15 is 0 Å². The lowest BCUT2D eigenvalue weighted by atomic mass is 10.1. The first kappa shape index (κ1) is 14.7. The number of H-pyrrole nitrogens is 1. The van der Waals surface area contributed by atoms with Gasteiger partial charge >= 0.3 is 0 Å². The van der Waals surface area contributed by atoms with Crippen LogP contribution in [0.4, 0.5) is 5.69 Å². The summed E-state index contributed by atoms with van der Waals surface area (Å²) in [5, 5.41) is 1.70. The molecule has 0 radical (unpaired) electrons. The van der Waals surface area contributed by atoms with Crippen molar-refractivity contribution >= 4 is 28.4 Å². The van der Waals surface area contributed by atoms with Crippen molar-refractivity contribution in [1.82, 2.24) is 4.98 Å². The van der Waals surface area contributed by atoms with Crippen LogP contribution in [-0.4, -0.2) is 12.0 Å². The van der Waals surface area contributed by atoms with Gasteiger partial charge in [0.1, 0.15) is 0 Å². The first-order valence-corrected chi connectivity index (χ1v) is 7.93. The molecule has 0 atom stereocenters. The molecule has 4 heteroatoms. The molecule has 112 valence electrons. The number of nitrogens with one attached hydrogen (secondary N) is 1. The van der Waals surface area contributed by atoms with Crippen molar-refractivity contribution < 1.29 is 0 Å². The number of anilines is 1. The Hall–Kier alpha value is -2.20. The van der Waals surface area contributed by atoms with Gasteiger partial charge in [-0.05, 0) is 61.2 Å². The molecule has 22 heavy (non-hydrogen) atoms. The number of aryl methyl sites for hydroxylation is 1. The van der Waals surface area contributed by atoms with Gasteiger partial charge in [0.25, 0.3) is 5.56 Å². The van der Waals surface area contributed by atoms with Crippen LogP contribution >= 0.6 is 11.9 Å².